The maximum Gasteiger partial charge on any atom is 0.330 e. The van der Waals surface area contributed by atoms with E-state index >= 15 is 0 Å². The van der Waals surface area contributed by atoms with Gasteiger partial charge >= 0.3 is 5.97 Å². The van der Waals surface area contributed by atoms with Crippen molar-refractivity contribution in [2.45, 2.75) is 38.8 Å². The lowest BCUT2D eigenvalue weighted by Gasteiger charge is -2.37. The van der Waals surface area contributed by atoms with Gasteiger partial charge in [-0.2, -0.15) is 5.10 Å². The van der Waals surface area contributed by atoms with Gasteiger partial charge in [-0.25, -0.2) is 13.6 Å². The first-order valence-electron chi connectivity index (χ1n) is 8.91. The molecule has 3 rings (SSSR count). The van der Waals surface area contributed by atoms with Gasteiger partial charge in [0.1, 0.15) is 17.7 Å². The quantitative estimate of drug-likeness (QED) is 0.737. The molecule has 4 nitrogen and oxygen atoms in total. The minimum absolute atomic E-state index is 0.107. The van der Waals surface area contributed by atoms with Crippen molar-refractivity contribution in [2.24, 2.45) is 5.10 Å². The highest BCUT2D eigenvalue weighted by atomic mass is 19.1. The van der Waals surface area contributed by atoms with E-state index in [4.69, 9.17) is 4.74 Å². The second-order valence-electron chi connectivity index (χ2n) is 6.76. The maximum atomic E-state index is 14.3. The first kappa shape index (κ1) is 19.0. The van der Waals surface area contributed by atoms with Gasteiger partial charge in [-0.15, -0.1) is 0 Å². The molecule has 0 amide bonds. The molecule has 0 aromatic heterocycles. The second kappa shape index (κ2) is 7.47. The molecule has 142 valence electrons. The van der Waals surface area contributed by atoms with Gasteiger partial charge < -0.3 is 4.74 Å². The van der Waals surface area contributed by atoms with Crippen molar-refractivity contribution < 1.29 is 18.3 Å². The van der Waals surface area contributed by atoms with E-state index in [1.54, 1.807) is 18.9 Å². The van der Waals surface area contributed by atoms with Gasteiger partial charge in [-0.05, 0) is 44.5 Å². The number of hydrogen-bond donors (Lipinski definition) is 0. The monoisotopic (exact) mass is 372 g/mol. The third-order valence-corrected chi connectivity index (χ3v) is 4.88. The molecule has 0 saturated carbocycles. The van der Waals surface area contributed by atoms with Gasteiger partial charge in [0.05, 0.1) is 17.9 Å². The van der Waals surface area contributed by atoms with Gasteiger partial charge in [-0.1, -0.05) is 30.3 Å². The molecule has 0 spiro atoms. The normalized spacial score (nSPS) is 20.3. The van der Waals surface area contributed by atoms with Crippen LogP contribution >= 0.6 is 0 Å². The summed E-state index contributed by atoms with van der Waals surface area (Å²) in [6.45, 7) is 5.63. The third-order valence-electron chi connectivity index (χ3n) is 4.88. The molecule has 0 fully saturated rings. The molecule has 1 heterocycles. The van der Waals surface area contributed by atoms with Crippen molar-refractivity contribution in [1.82, 2.24) is 5.01 Å². The number of hydrazone groups is 1. The predicted molar refractivity (Wildman–Crippen MR) is 99.2 cm³/mol. The average Bonchev–Trinajstić information content (AvgIpc) is 3.02. The zero-order valence-corrected chi connectivity index (χ0v) is 15.6. The van der Waals surface area contributed by atoms with Crippen LogP contribution < -0.4 is 0 Å². The lowest BCUT2D eigenvalue weighted by Crippen LogP contribution is -2.46. The summed E-state index contributed by atoms with van der Waals surface area (Å²) in [5.41, 5.74) is 0.739. The first-order valence-corrected chi connectivity index (χ1v) is 8.91. The highest BCUT2D eigenvalue weighted by Gasteiger charge is 2.45. The molecule has 27 heavy (non-hydrogen) atoms. The van der Waals surface area contributed by atoms with Crippen molar-refractivity contribution in [3.8, 4) is 0 Å². The predicted octanol–water partition coefficient (Wildman–Crippen LogP) is 4.24. The van der Waals surface area contributed by atoms with E-state index in [-0.39, 0.29) is 12.2 Å². The highest BCUT2D eigenvalue weighted by Crippen LogP contribution is 2.40. The van der Waals surface area contributed by atoms with Crippen molar-refractivity contribution in [3.05, 3.63) is 71.3 Å². The zero-order valence-electron chi connectivity index (χ0n) is 15.6. The Balaban J connectivity index is 2.07. The fourth-order valence-electron chi connectivity index (χ4n) is 3.46. The molecule has 0 aliphatic carbocycles. The first-order chi connectivity index (χ1) is 12.9. The lowest BCUT2D eigenvalue weighted by molar-refractivity contribution is -0.151. The SMILES string of the molecule is CCOC(=O)C(C)N1N=C(c2cc(F)ccc2F)CC1(C)c1ccccc1. The Hall–Kier alpha value is -2.76. The number of ether oxygens (including phenoxy) is 1. The second-order valence-corrected chi connectivity index (χ2v) is 6.76. The molecule has 0 bridgehead atoms. The van der Waals surface area contributed by atoms with Crippen molar-refractivity contribution in [2.75, 3.05) is 6.61 Å². The number of hydrogen-bond acceptors (Lipinski definition) is 4. The number of carbonyl (C=O) groups is 1. The van der Waals surface area contributed by atoms with Crippen LogP contribution in [0.1, 0.15) is 38.3 Å². The minimum atomic E-state index is -0.693. The van der Waals surface area contributed by atoms with Crippen LogP contribution in [0.5, 0.6) is 0 Å². The van der Waals surface area contributed by atoms with Crippen LogP contribution in [0.3, 0.4) is 0 Å². The van der Waals surface area contributed by atoms with Crippen LogP contribution in [-0.4, -0.2) is 29.3 Å². The van der Waals surface area contributed by atoms with Gasteiger partial charge in [0.25, 0.3) is 0 Å². The molecule has 0 saturated heterocycles. The Morgan fingerprint density at radius 2 is 1.96 bits per heavy atom. The maximum absolute atomic E-state index is 14.3. The van der Waals surface area contributed by atoms with E-state index in [0.29, 0.717) is 12.1 Å². The lowest BCUT2D eigenvalue weighted by atomic mass is 9.85. The van der Waals surface area contributed by atoms with Gasteiger partial charge in [0.15, 0.2) is 0 Å². The van der Waals surface area contributed by atoms with Crippen molar-refractivity contribution in [3.63, 3.8) is 0 Å². The summed E-state index contributed by atoms with van der Waals surface area (Å²) >= 11 is 0. The molecule has 2 aromatic rings. The Morgan fingerprint density at radius 1 is 1.26 bits per heavy atom. The zero-order chi connectivity index (χ0) is 19.6. The minimum Gasteiger partial charge on any atom is -0.464 e. The largest absolute Gasteiger partial charge is 0.464 e. The molecule has 1 aliphatic rings. The number of esters is 1. The standard InChI is InChI=1S/C21H22F2N2O2/c1-4-27-20(26)14(2)25-21(3,15-8-6-5-7-9-15)13-19(24-25)17-12-16(22)10-11-18(17)23/h5-12,14H,4,13H2,1-3H3. The van der Waals surface area contributed by atoms with E-state index in [0.717, 1.165) is 23.8 Å². The number of nitrogens with zero attached hydrogens (tertiary/aromatic N) is 2. The Kier molecular flexibility index (Phi) is 5.26. The third kappa shape index (κ3) is 3.56. The summed E-state index contributed by atoms with van der Waals surface area (Å²) in [6, 6.07) is 12.2. The Morgan fingerprint density at radius 3 is 2.63 bits per heavy atom. The van der Waals surface area contributed by atoms with Crippen LogP contribution in [0.15, 0.2) is 53.6 Å². The molecule has 2 unspecified atom stereocenters. The summed E-state index contributed by atoms with van der Waals surface area (Å²) < 4.78 is 33.2. The van der Waals surface area contributed by atoms with Gasteiger partial charge in [-0.3, -0.25) is 5.01 Å². The summed E-state index contributed by atoms with van der Waals surface area (Å²) in [5.74, 6) is -1.49. The summed E-state index contributed by atoms with van der Waals surface area (Å²) in [6.07, 6.45) is 0.334. The molecule has 2 atom stereocenters. The van der Waals surface area contributed by atoms with Crippen LogP contribution in [-0.2, 0) is 15.1 Å². The molecule has 0 radical (unpaired) electrons. The summed E-state index contributed by atoms with van der Waals surface area (Å²) in [7, 11) is 0. The Labute approximate surface area is 157 Å². The highest BCUT2D eigenvalue weighted by molar-refractivity contribution is 6.02. The summed E-state index contributed by atoms with van der Waals surface area (Å²) in [5, 5.41) is 6.17. The van der Waals surface area contributed by atoms with Crippen molar-refractivity contribution >= 4 is 11.7 Å². The van der Waals surface area contributed by atoms with Crippen LogP contribution in [0.2, 0.25) is 0 Å². The number of benzene rings is 2. The smallest absolute Gasteiger partial charge is 0.330 e. The fourth-order valence-corrected chi connectivity index (χ4v) is 3.46. The number of rotatable bonds is 5. The number of halogens is 2. The topological polar surface area (TPSA) is 41.9 Å². The number of carbonyl (C=O) groups excluding carboxylic acids is 1. The fraction of sp³-hybridized carbons (Fsp3) is 0.333. The van der Waals surface area contributed by atoms with E-state index in [1.807, 2.05) is 37.3 Å². The average molecular weight is 372 g/mol. The summed E-state index contributed by atoms with van der Waals surface area (Å²) in [4.78, 5) is 12.3. The van der Waals surface area contributed by atoms with E-state index in [9.17, 15) is 13.6 Å². The van der Waals surface area contributed by atoms with Crippen LogP contribution in [0.25, 0.3) is 0 Å². The van der Waals surface area contributed by atoms with Crippen molar-refractivity contribution in [1.29, 1.82) is 0 Å². The van der Waals surface area contributed by atoms with Gasteiger partial charge in [0.2, 0.25) is 0 Å². The van der Waals surface area contributed by atoms with E-state index < -0.39 is 29.2 Å². The molecule has 0 N–H and O–H groups in total. The molecule has 1 aliphatic heterocycles. The van der Waals surface area contributed by atoms with Crippen LogP contribution in [0.4, 0.5) is 8.78 Å². The molecular formula is C21H22F2N2O2. The van der Waals surface area contributed by atoms with E-state index in [1.165, 1.54) is 0 Å². The molecular weight excluding hydrogens is 350 g/mol. The Bertz CT molecular complexity index is 870. The molecule has 2 aromatic carbocycles. The van der Waals surface area contributed by atoms with Gasteiger partial charge in [0, 0.05) is 12.0 Å². The van der Waals surface area contributed by atoms with E-state index in [2.05, 4.69) is 5.10 Å². The molecule has 6 heteroatoms. The van der Waals surface area contributed by atoms with Crippen LogP contribution in [0, 0.1) is 11.6 Å².